The summed E-state index contributed by atoms with van der Waals surface area (Å²) in [6.45, 7) is 3.20. The van der Waals surface area contributed by atoms with Crippen molar-refractivity contribution in [2.45, 2.75) is 12.5 Å². The fourth-order valence-corrected chi connectivity index (χ4v) is 5.12. The highest BCUT2D eigenvalue weighted by Crippen LogP contribution is 2.37. The van der Waals surface area contributed by atoms with Gasteiger partial charge in [-0.2, -0.15) is 5.10 Å². The van der Waals surface area contributed by atoms with Crippen molar-refractivity contribution in [1.29, 1.82) is 0 Å². The molecule has 0 aromatic heterocycles. The smallest absolute Gasteiger partial charge is 0.262 e. The van der Waals surface area contributed by atoms with Gasteiger partial charge in [0, 0.05) is 43.7 Å². The molecule has 1 atom stereocenters. The fourth-order valence-electron chi connectivity index (χ4n) is 5.12. The van der Waals surface area contributed by atoms with Gasteiger partial charge in [0.1, 0.15) is 23.9 Å². The van der Waals surface area contributed by atoms with Crippen LogP contribution in [-0.4, -0.2) is 85.4 Å². The third-order valence-electron chi connectivity index (χ3n) is 7.32. The molecule has 5 rings (SSSR count). The SMILES string of the molecule is COc1ccccc1[C@@H]1CC(c2ccc(F)cc2)=NN1C(=O)CN(CCN1CCOCC1)C(=O)c1cccc(F)c1. The highest BCUT2D eigenvalue weighted by atomic mass is 19.1. The molecule has 2 aliphatic heterocycles. The number of ether oxygens (including phenoxy) is 2. The number of hydrogen-bond donors (Lipinski definition) is 0. The van der Waals surface area contributed by atoms with E-state index in [9.17, 15) is 18.4 Å². The van der Waals surface area contributed by atoms with Crippen LogP contribution in [-0.2, 0) is 9.53 Å². The molecule has 2 heterocycles. The summed E-state index contributed by atoms with van der Waals surface area (Å²) in [6.07, 6.45) is 0.378. The first-order chi connectivity index (χ1) is 19.9. The normalized spacial score (nSPS) is 17.3. The second-order valence-electron chi connectivity index (χ2n) is 9.94. The van der Waals surface area contributed by atoms with Crippen LogP contribution in [0.15, 0.2) is 77.9 Å². The van der Waals surface area contributed by atoms with Crippen molar-refractivity contribution in [2.24, 2.45) is 5.10 Å². The average molecular weight is 563 g/mol. The summed E-state index contributed by atoms with van der Waals surface area (Å²) >= 11 is 0. The van der Waals surface area contributed by atoms with E-state index in [2.05, 4.69) is 10.0 Å². The van der Waals surface area contributed by atoms with Gasteiger partial charge in [0.15, 0.2) is 0 Å². The van der Waals surface area contributed by atoms with E-state index in [0.717, 1.165) is 18.7 Å². The summed E-state index contributed by atoms with van der Waals surface area (Å²) in [5.74, 6) is -1.13. The summed E-state index contributed by atoms with van der Waals surface area (Å²) in [5, 5.41) is 6.05. The van der Waals surface area contributed by atoms with Crippen molar-refractivity contribution in [2.75, 3.05) is 53.0 Å². The Kier molecular flexibility index (Phi) is 9.01. The van der Waals surface area contributed by atoms with Crippen LogP contribution in [0.3, 0.4) is 0 Å². The minimum atomic E-state index is -0.528. The first kappa shape index (κ1) is 28.4. The van der Waals surface area contributed by atoms with Crippen molar-refractivity contribution < 1.29 is 27.8 Å². The van der Waals surface area contributed by atoms with Gasteiger partial charge in [-0.25, -0.2) is 13.8 Å². The Morgan fingerprint density at radius 3 is 2.49 bits per heavy atom. The summed E-state index contributed by atoms with van der Waals surface area (Å²) in [4.78, 5) is 31.1. The molecule has 0 aliphatic carbocycles. The maximum atomic E-state index is 14.0. The van der Waals surface area contributed by atoms with Gasteiger partial charge in [-0.15, -0.1) is 0 Å². The second-order valence-corrected chi connectivity index (χ2v) is 9.94. The minimum Gasteiger partial charge on any atom is -0.496 e. The van der Waals surface area contributed by atoms with Crippen LogP contribution in [0.2, 0.25) is 0 Å². The summed E-state index contributed by atoms with van der Waals surface area (Å²) in [5.41, 5.74) is 2.24. The molecular formula is C31H32F2N4O4. The maximum absolute atomic E-state index is 14.0. The molecule has 0 radical (unpaired) electrons. The summed E-state index contributed by atoms with van der Waals surface area (Å²) in [6, 6.07) is 18.3. The number of carbonyl (C=O) groups is 2. The number of morpholine rings is 1. The summed E-state index contributed by atoms with van der Waals surface area (Å²) in [7, 11) is 1.56. The van der Waals surface area contributed by atoms with E-state index in [0.29, 0.717) is 43.2 Å². The molecule has 1 fully saturated rings. The highest BCUT2D eigenvalue weighted by Gasteiger charge is 2.36. The predicted molar refractivity (Wildman–Crippen MR) is 150 cm³/mol. The maximum Gasteiger partial charge on any atom is 0.262 e. The number of methoxy groups -OCH3 is 1. The second kappa shape index (κ2) is 13.0. The van der Waals surface area contributed by atoms with Gasteiger partial charge in [-0.3, -0.25) is 14.5 Å². The Morgan fingerprint density at radius 2 is 1.76 bits per heavy atom. The number of carbonyl (C=O) groups excluding carboxylic acids is 2. The zero-order valence-corrected chi connectivity index (χ0v) is 22.8. The number of amides is 2. The topological polar surface area (TPSA) is 74.7 Å². The monoisotopic (exact) mass is 562 g/mol. The molecule has 41 heavy (non-hydrogen) atoms. The van der Waals surface area contributed by atoms with E-state index in [-0.39, 0.29) is 24.5 Å². The standard InChI is InChI=1S/C31H32F2N4O4/c1-40-29-8-3-2-7-26(29)28-20-27(22-9-11-24(32)12-10-22)34-37(28)30(38)21-36(14-13-35-15-17-41-18-16-35)31(39)23-5-4-6-25(33)19-23/h2-12,19,28H,13-18,20-21H2,1H3/t28-/m0/s1. The lowest BCUT2D eigenvalue weighted by Gasteiger charge is -2.31. The number of hydrogen-bond acceptors (Lipinski definition) is 6. The number of rotatable bonds is 9. The summed E-state index contributed by atoms with van der Waals surface area (Å²) < 4.78 is 38.6. The lowest BCUT2D eigenvalue weighted by molar-refractivity contribution is -0.133. The van der Waals surface area contributed by atoms with Gasteiger partial charge < -0.3 is 14.4 Å². The van der Waals surface area contributed by atoms with E-state index in [1.807, 2.05) is 24.3 Å². The van der Waals surface area contributed by atoms with E-state index in [1.54, 1.807) is 19.2 Å². The number of para-hydroxylation sites is 1. The van der Waals surface area contributed by atoms with Gasteiger partial charge in [0.2, 0.25) is 0 Å². The van der Waals surface area contributed by atoms with Crippen LogP contribution in [0, 0.1) is 11.6 Å². The number of hydrazone groups is 1. The molecule has 0 bridgehead atoms. The van der Waals surface area contributed by atoms with Crippen LogP contribution >= 0.6 is 0 Å². The Labute approximate surface area is 237 Å². The Hall–Kier alpha value is -4.15. The number of benzene rings is 3. The van der Waals surface area contributed by atoms with Crippen molar-refractivity contribution >= 4 is 17.5 Å². The molecule has 3 aromatic carbocycles. The molecule has 0 saturated carbocycles. The van der Waals surface area contributed by atoms with E-state index in [1.165, 1.54) is 46.3 Å². The Morgan fingerprint density at radius 1 is 1.00 bits per heavy atom. The van der Waals surface area contributed by atoms with Crippen LogP contribution < -0.4 is 4.74 Å². The van der Waals surface area contributed by atoms with Gasteiger partial charge in [0.05, 0.1) is 32.1 Å². The van der Waals surface area contributed by atoms with E-state index < -0.39 is 23.7 Å². The predicted octanol–water partition coefficient (Wildman–Crippen LogP) is 4.13. The third-order valence-corrected chi connectivity index (χ3v) is 7.32. The molecule has 2 amide bonds. The van der Waals surface area contributed by atoms with Gasteiger partial charge in [0.25, 0.3) is 11.8 Å². The number of nitrogens with zero attached hydrogens (tertiary/aromatic N) is 4. The Bertz CT molecular complexity index is 1410. The molecule has 3 aromatic rings. The molecule has 214 valence electrons. The lowest BCUT2D eigenvalue weighted by Crippen LogP contribution is -2.46. The molecular weight excluding hydrogens is 530 g/mol. The molecule has 0 spiro atoms. The quantitative estimate of drug-likeness (QED) is 0.392. The average Bonchev–Trinajstić information content (AvgIpc) is 3.45. The lowest BCUT2D eigenvalue weighted by atomic mass is 9.97. The first-order valence-corrected chi connectivity index (χ1v) is 13.6. The Balaban J connectivity index is 1.43. The van der Waals surface area contributed by atoms with Crippen molar-refractivity contribution in [3.63, 3.8) is 0 Å². The molecule has 0 N–H and O–H groups in total. The van der Waals surface area contributed by atoms with Crippen molar-refractivity contribution in [3.05, 3.63) is 101 Å². The van der Waals surface area contributed by atoms with Crippen LogP contribution in [0.5, 0.6) is 5.75 Å². The largest absolute Gasteiger partial charge is 0.496 e. The number of halogens is 2. The first-order valence-electron chi connectivity index (χ1n) is 13.6. The molecule has 2 aliphatic rings. The van der Waals surface area contributed by atoms with Crippen LogP contribution in [0.4, 0.5) is 8.78 Å². The fraction of sp³-hybridized carbons (Fsp3) is 0.323. The molecule has 8 nitrogen and oxygen atoms in total. The van der Waals surface area contributed by atoms with Crippen LogP contribution in [0.25, 0.3) is 0 Å². The van der Waals surface area contributed by atoms with Gasteiger partial charge in [-0.05, 0) is 42.0 Å². The molecule has 10 heteroatoms. The zero-order chi connectivity index (χ0) is 28.8. The van der Waals surface area contributed by atoms with Crippen LogP contribution in [0.1, 0.15) is 33.9 Å². The van der Waals surface area contributed by atoms with E-state index in [4.69, 9.17) is 9.47 Å². The van der Waals surface area contributed by atoms with Gasteiger partial charge in [-0.1, -0.05) is 36.4 Å². The molecule has 0 unspecified atom stereocenters. The zero-order valence-electron chi connectivity index (χ0n) is 22.8. The third kappa shape index (κ3) is 6.78. The van der Waals surface area contributed by atoms with Crippen molar-refractivity contribution in [1.82, 2.24) is 14.8 Å². The van der Waals surface area contributed by atoms with Crippen molar-refractivity contribution in [3.8, 4) is 5.75 Å². The van der Waals surface area contributed by atoms with E-state index >= 15 is 0 Å². The highest BCUT2D eigenvalue weighted by molar-refractivity contribution is 6.03. The minimum absolute atomic E-state index is 0.165. The molecule has 1 saturated heterocycles. The van der Waals surface area contributed by atoms with Gasteiger partial charge >= 0.3 is 0 Å².